The Bertz CT molecular complexity index is 651. The third-order valence-corrected chi connectivity index (χ3v) is 6.92. The summed E-state index contributed by atoms with van der Waals surface area (Å²) in [6.07, 6.45) is 7.97. The molecule has 4 atom stereocenters. The van der Waals surface area contributed by atoms with Gasteiger partial charge in [-0.3, -0.25) is 0 Å². The number of hydrogen-bond donors (Lipinski definition) is 2. The number of phenols is 2. The Labute approximate surface area is 132 Å². The van der Waals surface area contributed by atoms with E-state index in [-0.39, 0.29) is 10.8 Å². The zero-order valence-corrected chi connectivity index (χ0v) is 13.8. The fourth-order valence-electron chi connectivity index (χ4n) is 5.75. The Morgan fingerprint density at radius 3 is 2.36 bits per heavy atom. The van der Waals surface area contributed by atoms with E-state index >= 15 is 0 Å². The normalized spacial score (nSPS) is 37.5. The van der Waals surface area contributed by atoms with E-state index < -0.39 is 0 Å². The summed E-state index contributed by atoms with van der Waals surface area (Å²) < 4.78 is 0. The summed E-state index contributed by atoms with van der Waals surface area (Å²) >= 11 is 0. The van der Waals surface area contributed by atoms with Crippen LogP contribution < -0.4 is 0 Å². The van der Waals surface area contributed by atoms with E-state index in [9.17, 15) is 10.2 Å². The monoisotopic (exact) mass is 298 g/mol. The molecule has 1 aromatic carbocycles. The van der Waals surface area contributed by atoms with Crippen LogP contribution in [-0.4, -0.2) is 10.2 Å². The standard InChI is InChI=1S/C20H26O2/c1-4-5-6-7-13-8-15(21)18(16(22)9-13)20-11-12(2)14-10-17(20)19(14,20)3/h8-9,11,14,17,21-22H,4-7,10H2,1-3H3. The first-order valence-corrected chi connectivity index (χ1v) is 8.71. The first-order chi connectivity index (χ1) is 10.5. The van der Waals surface area contributed by atoms with E-state index in [1.54, 1.807) is 0 Å². The first-order valence-electron chi connectivity index (χ1n) is 8.71. The number of aryl methyl sites for hydroxylation is 1. The molecule has 0 bridgehead atoms. The zero-order valence-electron chi connectivity index (χ0n) is 13.8. The quantitative estimate of drug-likeness (QED) is 0.612. The van der Waals surface area contributed by atoms with Gasteiger partial charge < -0.3 is 10.2 Å². The highest BCUT2D eigenvalue weighted by molar-refractivity contribution is 5.66. The number of rotatable bonds is 5. The molecule has 0 saturated heterocycles. The molecule has 0 heterocycles. The number of allylic oxidation sites excluding steroid dienone is 2. The van der Waals surface area contributed by atoms with Gasteiger partial charge in [0.1, 0.15) is 11.5 Å². The number of benzene rings is 1. The molecule has 4 rings (SSSR count). The van der Waals surface area contributed by atoms with Crippen molar-refractivity contribution in [1.29, 1.82) is 0 Å². The fourth-order valence-corrected chi connectivity index (χ4v) is 5.75. The lowest BCUT2D eigenvalue weighted by atomic mass is 9.72. The average Bonchev–Trinajstić information content (AvgIpc) is 2.73. The first kappa shape index (κ1) is 14.2. The van der Waals surface area contributed by atoms with Gasteiger partial charge in [-0.25, -0.2) is 0 Å². The molecule has 1 aromatic rings. The van der Waals surface area contributed by atoms with Gasteiger partial charge in [0.15, 0.2) is 0 Å². The average molecular weight is 298 g/mol. The predicted octanol–water partition coefficient (Wildman–Crippen LogP) is 4.68. The molecule has 2 fully saturated rings. The van der Waals surface area contributed by atoms with Gasteiger partial charge in [-0.15, -0.1) is 0 Å². The van der Waals surface area contributed by atoms with Gasteiger partial charge in [-0.05, 0) is 61.1 Å². The van der Waals surface area contributed by atoms with Crippen molar-refractivity contribution < 1.29 is 10.2 Å². The maximum Gasteiger partial charge on any atom is 0.123 e. The molecule has 118 valence electrons. The number of aromatic hydroxyl groups is 2. The van der Waals surface area contributed by atoms with Crippen molar-refractivity contribution in [3.63, 3.8) is 0 Å². The van der Waals surface area contributed by atoms with E-state index in [4.69, 9.17) is 0 Å². The van der Waals surface area contributed by atoms with Crippen molar-refractivity contribution in [2.75, 3.05) is 0 Å². The molecular weight excluding hydrogens is 272 g/mol. The molecule has 0 amide bonds. The highest BCUT2D eigenvalue weighted by Crippen LogP contribution is 2.89. The van der Waals surface area contributed by atoms with Crippen LogP contribution in [0, 0.1) is 17.3 Å². The highest BCUT2D eigenvalue weighted by atomic mass is 16.3. The van der Waals surface area contributed by atoms with Gasteiger partial charge >= 0.3 is 0 Å². The fraction of sp³-hybridized carbons (Fsp3) is 0.600. The van der Waals surface area contributed by atoms with Crippen molar-refractivity contribution in [2.24, 2.45) is 17.3 Å². The number of unbranched alkanes of at least 4 members (excludes halogenated alkanes) is 2. The minimum atomic E-state index is -0.0993. The summed E-state index contributed by atoms with van der Waals surface area (Å²) in [6, 6.07) is 3.77. The Balaban J connectivity index is 1.70. The molecule has 2 saturated carbocycles. The van der Waals surface area contributed by atoms with Crippen LogP contribution in [0.25, 0.3) is 0 Å². The largest absolute Gasteiger partial charge is 0.507 e. The third-order valence-electron chi connectivity index (χ3n) is 6.92. The summed E-state index contributed by atoms with van der Waals surface area (Å²) in [5.74, 6) is 1.86. The summed E-state index contributed by atoms with van der Waals surface area (Å²) in [5.41, 5.74) is 3.43. The molecule has 2 N–H and O–H groups in total. The number of phenolic OH excluding ortho intramolecular Hbond substituents is 2. The molecule has 2 nitrogen and oxygen atoms in total. The van der Waals surface area contributed by atoms with Crippen molar-refractivity contribution in [1.82, 2.24) is 0 Å². The molecule has 0 aliphatic heterocycles. The molecule has 3 aliphatic carbocycles. The Morgan fingerprint density at radius 2 is 1.86 bits per heavy atom. The molecule has 0 aromatic heterocycles. The third kappa shape index (κ3) is 1.42. The van der Waals surface area contributed by atoms with E-state index in [1.165, 1.54) is 24.8 Å². The Hall–Kier alpha value is -1.44. The number of fused-ring (bicyclic) bond motifs is 1. The van der Waals surface area contributed by atoms with E-state index in [1.807, 2.05) is 12.1 Å². The topological polar surface area (TPSA) is 40.5 Å². The SMILES string of the molecule is CCCCCc1cc(O)c(C23C=C(C)C4CC2C43C)c(O)c1. The Morgan fingerprint density at radius 1 is 1.18 bits per heavy atom. The van der Waals surface area contributed by atoms with Gasteiger partial charge in [0.25, 0.3) is 0 Å². The van der Waals surface area contributed by atoms with Gasteiger partial charge in [0.05, 0.1) is 0 Å². The van der Waals surface area contributed by atoms with Crippen LogP contribution in [0.1, 0.15) is 57.6 Å². The van der Waals surface area contributed by atoms with Gasteiger partial charge in [0, 0.05) is 11.0 Å². The maximum atomic E-state index is 10.6. The van der Waals surface area contributed by atoms with Crippen molar-refractivity contribution >= 4 is 0 Å². The van der Waals surface area contributed by atoms with Crippen molar-refractivity contribution in [2.45, 2.75) is 58.3 Å². The highest BCUT2D eigenvalue weighted by Gasteiger charge is 2.86. The molecule has 0 spiro atoms. The van der Waals surface area contributed by atoms with Gasteiger partial charge in [-0.2, -0.15) is 0 Å². The molecule has 22 heavy (non-hydrogen) atoms. The molecule has 3 aliphatic rings. The van der Waals surface area contributed by atoms with Crippen molar-refractivity contribution in [3.8, 4) is 11.5 Å². The molecule has 4 unspecified atom stereocenters. The predicted molar refractivity (Wildman–Crippen MR) is 88.1 cm³/mol. The maximum absolute atomic E-state index is 10.6. The molecular formula is C20H26O2. The van der Waals surface area contributed by atoms with E-state index in [0.29, 0.717) is 23.3 Å². The van der Waals surface area contributed by atoms with Gasteiger partial charge in [0.2, 0.25) is 0 Å². The van der Waals surface area contributed by atoms with Gasteiger partial charge in [-0.1, -0.05) is 38.3 Å². The lowest BCUT2D eigenvalue weighted by Crippen LogP contribution is -2.25. The van der Waals surface area contributed by atoms with Crippen LogP contribution in [0.2, 0.25) is 0 Å². The summed E-state index contributed by atoms with van der Waals surface area (Å²) in [4.78, 5) is 0. The summed E-state index contributed by atoms with van der Waals surface area (Å²) in [5, 5.41) is 21.3. The van der Waals surface area contributed by atoms with Crippen LogP contribution in [0.5, 0.6) is 11.5 Å². The minimum Gasteiger partial charge on any atom is -0.507 e. The second kappa shape index (κ2) is 4.31. The summed E-state index contributed by atoms with van der Waals surface area (Å²) in [7, 11) is 0. The second-order valence-corrected chi connectivity index (χ2v) is 7.85. The van der Waals surface area contributed by atoms with E-state index in [2.05, 4.69) is 26.8 Å². The lowest BCUT2D eigenvalue weighted by molar-refractivity contribution is 0.221. The summed E-state index contributed by atoms with van der Waals surface area (Å²) in [6.45, 7) is 6.71. The van der Waals surface area contributed by atoms with Crippen LogP contribution in [0.3, 0.4) is 0 Å². The number of hydrogen-bond acceptors (Lipinski definition) is 2. The second-order valence-electron chi connectivity index (χ2n) is 7.85. The van der Waals surface area contributed by atoms with E-state index in [0.717, 1.165) is 24.0 Å². The van der Waals surface area contributed by atoms with Crippen LogP contribution >= 0.6 is 0 Å². The lowest BCUT2D eigenvalue weighted by Gasteiger charge is -2.32. The van der Waals surface area contributed by atoms with Crippen LogP contribution in [-0.2, 0) is 11.8 Å². The minimum absolute atomic E-state index is 0.0993. The van der Waals surface area contributed by atoms with Crippen LogP contribution in [0.4, 0.5) is 0 Å². The van der Waals surface area contributed by atoms with Crippen LogP contribution in [0.15, 0.2) is 23.8 Å². The zero-order chi connectivity index (χ0) is 15.7. The Kier molecular flexibility index (Phi) is 2.77. The van der Waals surface area contributed by atoms with Crippen molar-refractivity contribution in [3.05, 3.63) is 34.9 Å². The smallest absolute Gasteiger partial charge is 0.123 e. The molecule has 0 radical (unpaired) electrons. The molecule has 2 heteroatoms.